The van der Waals surface area contributed by atoms with Crippen LogP contribution < -0.4 is 16.6 Å². The second-order valence-electron chi connectivity index (χ2n) is 8.07. The largest absolute Gasteiger partial charge is 0.384 e. The molecule has 0 radical (unpaired) electrons. The number of hydrogen-bond acceptors (Lipinski definition) is 6. The zero-order chi connectivity index (χ0) is 23.0. The van der Waals surface area contributed by atoms with E-state index in [4.69, 9.17) is 10.7 Å². The number of hydrogen-bond donors (Lipinski definition) is 3. The van der Waals surface area contributed by atoms with Crippen molar-refractivity contribution in [3.8, 4) is 11.3 Å². The minimum absolute atomic E-state index is 0.0578. The number of rotatable bonds is 5. The smallest absolute Gasteiger partial charge is 0.253 e. The van der Waals surface area contributed by atoms with Crippen molar-refractivity contribution in [2.24, 2.45) is 0 Å². The van der Waals surface area contributed by atoms with Crippen molar-refractivity contribution in [2.75, 3.05) is 5.73 Å². The number of pyridine rings is 3. The first kappa shape index (κ1) is 21.2. The number of carbonyl (C=O) groups excluding carboxylic acids is 1. The highest BCUT2D eigenvalue weighted by atomic mass is 16.1. The highest BCUT2D eigenvalue weighted by molar-refractivity contribution is 6.06. The maximum absolute atomic E-state index is 13.2. The molecule has 0 saturated carbocycles. The number of nitrogens with two attached hydrogens (primary N) is 1. The van der Waals surface area contributed by atoms with Crippen LogP contribution in [0.25, 0.3) is 22.3 Å². The summed E-state index contributed by atoms with van der Waals surface area (Å²) in [5, 5.41) is 7.94. The Morgan fingerprint density at radius 3 is 2.72 bits per heavy atom. The Kier molecular flexibility index (Phi) is 5.48. The average Bonchev–Trinajstić information content (AvgIpc) is 3.16. The molecule has 9 nitrogen and oxygen atoms in total. The number of nitrogen functional groups attached to an aromatic ring is 1. The van der Waals surface area contributed by atoms with Crippen LogP contribution in [-0.4, -0.2) is 30.6 Å². The SMILES string of the molecule is Cc1cc(C)c(CNC(=O)c2cc(-c3ccnc(N)c3)nc3c2cnn3C(C)C)c(=O)[nH]1. The molecule has 0 unspecified atom stereocenters. The van der Waals surface area contributed by atoms with Crippen molar-refractivity contribution in [3.63, 3.8) is 0 Å². The summed E-state index contributed by atoms with van der Waals surface area (Å²) in [6.45, 7) is 7.78. The highest BCUT2D eigenvalue weighted by Crippen LogP contribution is 2.27. The van der Waals surface area contributed by atoms with E-state index in [9.17, 15) is 9.59 Å². The van der Waals surface area contributed by atoms with Gasteiger partial charge in [-0.25, -0.2) is 14.6 Å². The molecule has 0 atom stereocenters. The van der Waals surface area contributed by atoms with Crippen molar-refractivity contribution in [1.82, 2.24) is 30.0 Å². The third kappa shape index (κ3) is 3.96. The summed E-state index contributed by atoms with van der Waals surface area (Å²) in [5.74, 6) is 0.0465. The van der Waals surface area contributed by atoms with Gasteiger partial charge in [-0.15, -0.1) is 0 Å². The topological polar surface area (TPSA) is 132 Å². The van der Waals surface area contributed by atoms with Gasteiger partial charge in [0, 0.05) is 35.6 Å². The lowest BCUT2D eigenvalue weighted by molar-refractivity contribution is 0.0952. The Bertz CT molecular complexity index is 1390. The predicted molar refractivity (Wildman–Crippen MR) is 123 cm³/mol. The molecule has 0 aliphatic carbocycles. The summed E-state index contributed by atoms with van der Waals surface area (Å²) in [5.41, 5.74) is 10.1. The molecule has 0 saturated heterocycles. The second-order valence-corrected chi connectivity index (χ2v) is 8.07. The van der Waals surface area contributed by atoms with Crippen LogP contribution in [0.4, 0.5) is 5.82 Å². The number of aryl methyl sites for hydroxylation is 2. The van der Waals surface area contributed by atoms with Gasteiger partial charge in [0.1, 0.15) is 5.82 Å². The number of amides is 1. The monoisotopic (exact) mass is 431 g/mol. The molecule has 0 aromatic carbocycles. The summed E-state index contributed by atoms with van der Waals surface area (Å²) >= 11 is 0. The van der Waals surface area contributed by atoms with Crippen LogP contribution in [-0.2, 0) is 6.54 Å². The fourth-order valence-corrected chi connectivity index (χ4v) is 3.70. The molecule has 4 rings (SSSR count). The van der Waals surface area contributed by atoms with Gasteiger partial charge in [0.05, 0.1) is 22.8 Å². The van der Waals surface area contributed by atoms with Gasteiger partial charge >= 0.3 is 0 Å². The van der Waals surface area contributed by atoms with Gasteiger partial charge in [-0.1, -0.05) is 0 Å². The van der Waals surface area contributed by atoms with Crippen LogP contribution in [0.5, 0.6) is 0 Å². The predicted octanol–water partition coefficient (Wildman–Crippen LogP) is 2.89. The number of anilines is 1. The van der Waals surface area contributed by atoms with Gasteiger partial charge in [-0.2, -0.15) is 5.10 Å². The fraction of sp³-hybridized carbons (Fsp3) is 0.261. The fourth-order valence-electron chi connectivity index (χ4n) is 3.70. The molecule has 4 heterocycles. The minimum Gasteiger partial charge on any atom is -0.384 e. The molecule has 164 valence electrons. The van der Waals surface area contributed by atoms with Gasteiger partial charge < -0.3 is 16.0 Å². The molecular formula is C23H25N7O2. The van der Waals surface area contributed by atoms with Crippen LogP contribution in [0, 0.1) is 13.8 Å². The molecule has 4 N–H and O–H groups in total. The number of carbonyl (C=O) groups is 1. The standard InChI is InChI=1S/C23H25N7O2/c1-12(2)30-21-18(11-27-30)16(9-19(29-21)15-5-6-25-20(24)8-15)22(31)26-10-17-13(3)7-14(4)28-23(17)32/h5-9,11-12H,10H2,1-4H3,(H2,24,25)(H,26,31)(H,28,32). The Morgan fingerprint density at radius 2 is 2.03 bits per heavy atom. The lowest BCUT2D eigenvalue weighted by atomic mass is 10.1. The number of fused-ring (bicyclic) bond motifs is 1. The third-order valence-corrected chi connectivity index (χ3v) is 5.30. The molecule has 0 spiro atoms. The first-order chi connectivity index (χ1) is 15.2. The molecule has 4 aromatic heterocycles. The molecule has 4 aromatic rings. The summed E-state index contributed by atoms with van der Waals surface area (Å²) < 4.78 is 1.77. The van der Waals surface area contributed by atoms with Crippen molar-refractivity contribution in [1.29, 1.82) is 0 Å². The average molecular weight is 432 g/mol. The molecule has 0 aliphatic heterocycles. The van der Waals surface area contributed by atoms with Gasteiger partial charge in [-0.05, 0) is 57.5 Å². The van der Waals surface area contributed by atoms with Gasteiger partial charge in [0.25, 0.3) is 11.5 Å². The lowest BCUT2D eigenvalue weighted by Gasteiger charge is -2.12. The molecule has 1 amide bonds. The highest BCUT2D eigenvalue weighted by Gasteiger charge is 2.19. The first-order valence-corrected chi connectivity index (χ1v) is 10.3. The zero-order valence-electron chi connectivity index (χ0n) is 18.4. The van der Waals surface area contributed by atoms with E-state index in [2.05, 4.69) is 20.4 Å². The molecule has 9 heteroatoms. The van der Waals surface area contributed by atoms with E-state index in [1.165, 1.54) is 0 Å². The van der Waals surface area contributed by atoms with Crippen LogP contribution in [0.3, 0.4) is 0 Å². The van der Waals surface area contributed by atoms with E-state index in [0.29, 0.717) is 33.7 Å². The summed E-state index contributed by atoms with van der Waals surface area (Å²) in [6, 6.07) is 7.15. The number of H-pyrrole nitrogens is 1. The lowest BCUT2D eigenvalue weighted by Crippen LogP contribution is -2.28. The second kappa shape index (κ2) is 8.26. The molecule has 0 bridgehead atoms. The molecular weight excluding hydrogens is 406 g/mol. The van der Waals surface area contributed by atoms with Crippen LogP contribution >= 0.6 is 0 Å². The van der Waals surface area contributed by atoms with Crippen molar-refractivity contribution < 1.29 is 4.79 Å². The van der Waals surface area contributed by atoms with Crippen molar-refractivity contribution in [3.05, 3.63) is 69.4 Å². The van der Waals surface area contributed by atoms with E-state index < -0.39 is 0 Å². The maximum Gasteiger partial charge on any atom is 0.253 e. The Hall–Kier alpha value is -4.01. The molecule has 0 fully saturated rings. The maximum atomic E-state index is 13.2. The molecule has 0 aliphatic rings. The summed E-state index contributed by atoms with van der Waals surface area (Å²) in [7, 11) is 0. The van der Waals surface area contributed by atoms with Gasteiger partial charge in [0.2, 0.25) is 0 Å². The minimum atomic E-state index is -0.316. The van der Waals surface area contributed by atoms with Gasteiger partial charge in [0.15, 0.2) is 5.65 Å². The Balaban J connectivity index is 1.77. The number of nitrogens with zero attached hydrogens (tertiary/aromatic N) is 4. The van der Waals surface area contributed by atoms with E-state index in [1.807, 2.05) is 33.8 Å². The molecule has 32 heavy (non-hydrogen) atoms. The van der Waals surface area contributed by atoms with E-state index >= 15 is 0 Å². The third-order valence-electron chi connectivity index (χ3n) is 5.30. The first-order valence-electron chi connectivity index (χ1n) is 10.3. The Labute approximate surface area is 184 Å². The quantitative estimate of drug-likeness (QED) is 0.445. The van der Waals surface area contributed by atoms with E-state index in [1.54, 1.807) is 35.3 Å². The van der Waals surface area contributed by atoms with Crippen molar-refractivity contribution in [2.45, 2.75) is 40.3 Å². The summed E-state index contributed by atoms with van der Waals surface area (Å²) in [6.07, 6.45) is 3.24. The Morgan fingerprint density at radius 1 is 1.25 bits per heavy atom. The normalized spacial score (nSPS) is 11.3. The van der Waals surface area contributed by atoms with E-state index in [0.717, 1.165) is 16.8 Å². The van der Waals surface area contributed by atoms with Crippen LogP contribution in [0.2, 0.25) is 0 Å². The number of aromatic nitrogens is 5. The number of aromatic amines is 1. The van der Waals surface area contributed by atoms with E-state index in [-0.39, 0.29) is 24.1 Å². The van der Waals surface area contributed by atoms with Crippen molar-refractivity contribution >= 4 is 22.8 Å². The zero-order valence-corrected chi connectivity index (χ0v) is 18.4. The van der Waals surface area contributed by atoms with Gasteiger partial charge in [-0.3, -0.25) is 9.59 Å². The van der Waals surface area contributed by atoms with Crippen LogP contribution in [0.1, 0.15) is 47.1 Å². The van der Waals surface area contributed by atoms with Crippen LogP contribution in [0.15, 0.2) is 41.5 Å². The number of nitrogens with one attached hydrogen (secondary N) is 2. The summed E-state index contributed by atoms with van der Waals surface area (Å²) in [4.78, 5) is 37.1.